The highest BCUT2D eigenvalue weighted by Crippen LogP contribution is 2.25. The van der Waals surface area contributed by atoms with Gasteiger partial charge in [0.1, 0.15) is 0 Å². The van der Waals surface area contributed by atoms with Crippen molar-refractivity contribution in [2.75, 3.05) is 19.6 Å². The number of carbonyl (C=O) groups excluding carboxylic acids is 1. The molecule has 1 amide bonds. The van der Waals surface area contributed by atoms with Gasteiger partial charge in [0.25, 0.3) is 0 Å². The first-order valence-corrected chi connectivity index (χ1v) is 6.54. The Morgan fingerprint density at radius 3 is 2.31 bits per heavy atom. The Morgan fingerprint density at radius 1 is 1.31 bits per heavy atom. The van der Waals surface area contributed by atoms with Crippen LogP contribution in [0.5, 0.6) is 0 Å². The van der Waals surface area contributed by atoms with Gasteiger partial charge in [-0.25, -0.2) is 0 Å². The molecule has 0 aromatic carbocycles. The molecule has 3 heteroatoms. The molecule has 0 aromatic heterocycles. The molecule has 0 aromatic rings. The molecule has 94 valence electrons. The lowest BCUT2D eigenvalue weighted by Gasteiger charge is -2.36. The average Bonchev–Trinajstić information content (AvgIpc) is 2.29. The molecule has 1 heterocycles. The summed E-state index contributed by atoms with van der Waals surface area (Å²) in [6.07, 6.45) is 3.11. The van der Waals surface area contributed by atoms with Crippen molar-refractivity contribution in [1.29, 1.82) is 0 Å². The van der Waals surface area contributed by atoms with Crippen LogP contribution in [-0.4, -0.2) is 36.5 Å². The van der Waals surface area contributed by atoms with Crippen LogP contribution in [0, 0.1) is 5.41 Å². The summed E-state index contributed by atoms with van der Waals surface area (Å²) < 4.78 is 0. The lowest BCUT2D eigenvalue weighted by atomic mass is 9.87. The number of nitrogens with one attached hydrogen (secondary N) is 1. The molecule has 1 aliphatic rings. The predicted molar refractivity (Wildman–Crippen MR) is 67.4 cm³/mol. The molecule has 16 heavy (non-hydrogen) atoms. The number of likely N-dealkylation sites (tertiary alicyclic amines) is 1. The van der Waals surface area contributed by atoms with Crippen LogP contribution in [0.1, 0.15) is 47.0 Å². The first-order chi connectivity index (χ1) is 7.51. The van der Waals surface area contributed by atoms with Crippen molar-refractivity contribution < 1.29 is 4.79 Å². The molecule has 0 saturated carbocycles. The molecule has 1 saturated heterocycles. The molecule has 0 unspecified atom stereocenters. The van der Waals surface area contributed by atoms with E-state index in [4.69, 9.17) is 0 Å². The van der Waals surface area contributed by atoms with Crippen molar-refractivity contribution in [2.45, 2.75) is 53.0 Å². The van der Waals surface area contributed by atoms with E-state index in [1.807, 2.05) is 18.7 Å². The van der Waals surface area contributed by atoms with E-state index in [2.05, 4.69) is 19.2 Å². The average molecular weight is 226 g/mol. The van der Waals surface area contributed by atoms with Gasteiger partial charge in [0, 0.05) is 24.5 Å². The van der Waals surface area contributed by atoms with Crippen LogP contribution < -0.4 is 5.32 Å². The fraction of sp³-hybridized carbons (Fsp3) is 0.923. The van der Waals surface area contributed by atoms with E-state index in [-0.39, 0.29) is 5.41 Å². The maximum atomic E-state index is 12.2. The number of hydrogen-bond donors (Lipinski definition) is 1. The van der Waals surface area contributed by atoms with E-state index in [1.54, 1.807) is 0 Å². The molecule has 3 nitrogen and oxygen atoms in total. The molecule has 1 rings (SSSR count). The quantitative estimate of drug-likeness (QED) is 0.795. The summed E-state index contributed by atoms with van der Waals surface area (Å²) in [5.74, 6) is 0.324. The smallest absolute Gasteiger partial charge is 0.228 e. The van der Waals surface area contributed by atoms with Crippen molar-refractivity contribution in [3.63, 3.8) is 0 Å². The van der Waals surface area contributed by atoms with Crippen molar-refractivity contribution >= 4 is 5.91 Å². The minimum Gasteiger partial charge on any atom is -0.342 e. The third-order valence-electron chi connectivity index (χ3n) is 3.74. The van der Waals surface area contributed by atoms with Gasteiger partial charge in [-0.1, -0.05) is 27.7 Å². The first kappa shape index (κ1) is 13.5. The van der Waals surface area contributed by atoms with E-state index < -0.39 is 0 Å². The van der Waals surface area contributed by atoms with Crippen molar-refractivity contribution in [1.82, 2.24) is 10.2 Å². The van der Waals surface area contributed by atoms with E-state index in [0.717, 1.165) is 38.9 Å². The van der Waals surface area contributed by atoms with Gasteiger partial charge in [-0.2, -0.15) is 0 Å². The minimum absolute atomic E-state index is 0.189. The maximum absolute atomic E-state index is 12.2. The summed E-state index contributed by atoms with van der Waals surface area (Å²) in [6.45, 7) is 11.2. The normalized spacial score (nSPS) is 18.9. The molecule has 0 spiro atoms. The standard InChI is InChI=1S/C13H26N2O/c1-5-13(3,4)12(16)15-9-7-11(8-10-15)14-6-2/h11,14H,5-10H2,1-4H3. The zero-order valence-electron chi connectivity index (χ0n) is 11.2. The van der Waals surface area contributed by atoms with E-state index in [1.165, 1.54) is 0 Å². The van der Waals surface area contributed by atoms with Gasteiger partial charge in [0.2, 0.25) is 5.91 Å². The van der Waals surface area contributed by atoms with Crippen LogP contribution in [-0.2, 0) is 4.79 Å². The number of rotatable bonds is 4. The SMILES string of the molecule is CCNC1CCN(C(=O)C(C)(C)CC)CC1. The zero-order chi connectivity index (χ0) is 12.2. The molecule has 0 aliphatic carbocycles. The minimum atomic E-state index is -0.189. The molecule has 1 aliphatic heterocycles. The highest BCUT2D eigenvalue weighted by molar-refractivity contribution is 5.81. The Hall–Kier alpha value is -0.570. The molecule has 0 atom stereocenters. The maximum Gasteiger partial charge on any atom is 0.228 e. The fourth-order valence-corrected chi connectivity index (χ4v) is 2.15. The highest BCUT2D eigenvalue weighted by Gasteiger charge is 2.32. The Morgan fingerprint density at radius 2 is 1.88 bits per heavy atom. The third-order valence-corrected chi connectivity index (χ3v) is 3.74. The largest absolute Gasteiger partial charge is 0.342 e. The van der Waals surface area contributed by atoms with Gasteiger partial charge >= 0.3 is 0 Å². The topological polar surface area (TPSA) is 32.3 Å². The van der Waals surface area contributed by atoms with Gasteiger partial charge in [0.15, 0.2) is 0 Å². The molecule has 0 bridgehead atoms. The molecule has 1 N–H and O–H groups in total. The monoisotopic (exact) mass is 226 g/mol. The summed E-state index contributed by atoms with van der Waals surface area (Å²) in [5, 5.41) is 3.46. The molecule has 1 fully saturated rings. The van der Waals surface area contributed by atoms with E-state index in [9.17, 15) is 4.79 Å². The van der Waals surface area contributed by atoms with Crippen LogP contribution in [0.15, 0.2) is 0 Å². The summed E-state index contributed by atoms with van der Waals surface area (Å²) in [5.41, 5.74) is -0.189. The Bertz CT molecular complexity index is 230. The zero-order valence-corrected chi connectivity index (χ0v) is 11.2. The molecule has 0 radical (unpaired) electrons. The molecular formula is C13H26N2O. The van der Waals surface area contributed by atoms with Crippen LogP contribution in [0.4, 0.5) is 0 Å². The Labute approximate surface area is 99.6 Å². The lowest BCUT2D eigenvalue weighted by Crippen LogP contribution is -2.48. The van der Waals surface area contributed by atoms with Crippen molar-refractivity contribution in [3.05, 3.63) is 0 Å². The lowest BCUT2D eigenvalue weighted by molar-refractivity contribution is -0.141. The summed E-state index contributed by atoms with van der Waals surface area (Å²) in [6, 6.07) is 0.610. The van der Waals surface area contributed by atoms with Gasteiger partial charge < -0.3 is 10.2 Å². The number of carbonyl (C=O) groups is 1. The van der Waals surface area contributed by atoms with Crippen LogP contribution in [0.25, 0.3) is 0 Å². The van der Waals surface area contributed by atoms with Crippen molar-refractivity contribution in [3.8, 4) is 0 Å². The second-order valence-electron chi connectivity index (χ2n) is 5.36. The third kappa shape index (κ3) is 3.21. The van der Waals surface area contributed by atoms with Crippen LogP contribution >= 0.6 is 0 Å². The van der Waals surface area contributed by atoms with Crippen molar-refractivity contribution in [2.24, 2.45) is 5.41 Å². The van der Waals surface area contributed by atoms with Gasteiger partial charge in [0.05, 0.1) is 0 Å². The van der Waals surface area contributed by atoms with E-state index in [0.29, 0.717) is 11.9 Å². The number of amides is 1. The highest BCUT2D eigenvalue weighted by atomic mass is 16.2. The summed E-state index contributed by atoms with van der Waals surface area (Å²) in [4.78, 5) is 14.3. The molecular weight excluding hydrogens is 200 g/mol. The Balaban J connectivity index is 2.45. The number of nitrogens with zero attached hydrogens (tertiary/aromatic N) is 1. The van der Waals surface area contributed by atoms with Crippen LogP contribution in [0.2, 0.25) is 0 Å². The van der Waals surface area contributed by atoms with E-state index >= 15 is 0 Å². The number of piperidine rings is 1. The second-order valence-corrected chi connectivity index (χ2v) is 5.36. The second kappa shape index (κ2) is 5.67. The van der Waals surface area contributed by atoms with Gasteiger partial charge in [-0.15, -0.1) is 0 Å². The Kier molecular flexibility index (Phi) is 4.78. The number of hydrogen-bond acceptors (Lipinski definition) is 2. The summed E-state index contributed by atoms with van der Waals surface area (Å²) >= 11 is 0. The predicted octanol–water partition coefficient (Wildman–Crippen LogP) is 2.02. The summed E-state index contributed by atoms with van der Waals surface area (Å²) in [7, 11) is 0. The fourth-order valence-electron chi connectivity index (χ4n) is 2.15. The first-order valence-electron chi connectivity index (χ1n) is 6.54. The van der Waals surface area contributed by atoms with Crippen LogP contribution in [0.3, 0.4) is 0 Å². The van der Waals surface area contributed by atoms with Gasteiger partial charge in [-0.05, 0) is 25.8 Å². The van der Waals surface area contributed by atoms with Gasteiger partial charge in [-0.3, -0.25) is 4.79 Å².